The van der Waals surface area contributed by atoms with Crippen molar-refractivity contribution in [1.29, 1.82) is 0 Å². The smallest absolute Gasteiger partial charge is 0.0861 e. The zero-order valence-electron chi connectivity index (χ0n) is 9.61. The SMILES string of the molecule is Cc1cccc2c1N1CCNCC1CC=N2. The second-order valence-electron chi connectivity index (χ2n) is 4.54. The predicted octanol–water partition coefficient (Wildman–Crippen LogP) is 1.88. The van der Waals surface area contributed by atoms with Crippen molar-refractivity contribution in [2.75, 3.05) is 24.5 Å². The number of anilines is 1. The molecule has 3 heteroatoms. The number of benzene rings is 1. The third-order valence-electron chi connectivity index (χ3n) is 3.46. The fourth-order valence-corrected chi connectivity index (χ4v) is 2.66. The maximum Gasteiger partial charge on any atom is 0.0861 e. The van der Waals surface area contributed by atoms with Gasteiger partial charge in [0.2, 0.25) is 0 Å². The highest BCUT2D eigenvalue weighted by Crippen LogP contribution is 2.35. The Morgan fingerprint density at radius 2 is 2.38 bits per heavy atom. The molecule has 1 aromatic rings. The van der Waals surface area contributed by atoms with Crippen LogP contribution in [0.5, 0.6) is 0 Å². The number of para-hydroxylation sites is 1. The Kier molecular flexibility index (Phi) is 2.40. The monoisotopic (exact) mass is 215 g/mol. The van der Waals surface area contributed by atoms with Gasteiger partial charge in [0, 0.05) is 38.3 Å². The summed E-state index contributed by atoms with van der Waals surface area (Å²) in [5, 5.41) is 3.46. The molecule has 2 aliphatic rings. The molecule has 1 atom stereocenters. The van der Waals surface area contributed by atoms with Crippen LogP contribution in [0.4, 0.5) is 11.4 Å². The Balaban J connectivity index is 2.10. The Morgan fingerprint density at radius 3 is 3.31 bits per heavy atom. The summed E-state index contributed by atoms with van der Waals surface area (Å²) in [7, 11) is 0. The maximum absolute atomic E-state index is 4.58. The van der Waals surface area contributed by atoms with Crippen molar-refractivity contribution in [3.63, 3.8) is 0 Å². The van der Waals surface area contributed by atoms with E-state index >= 15 is 0 Å². The van der Waals surface area contributed by atoms with Crippen molar-refractivity contribution in [2.24, 2.45) is 4.99 Å². The molecule has 84 valence electrons. The molecule has 0 aromatic heterocycles. The molecule has 1 aromatic carbocycles. The Bertz CT molecular complexity index is 425. The summed E-state index contributed by atoms with van der Waals surface area (Å²) in [5.74, 6) is 0. The average molecular weight is 215 g/mol. The van der Waals surface area contributed by atoms with E-state index in [1.807, 2.05) is 0 Å². The van der Waals surface area contributed by atoms with E-state index in [2.05, 4.69) is 46.5 Å². The molecule has 0 radical (unpaired) electrons. The van der Waals surface area contributed by atoms with Crippen molar-refractivity contribution in [3.05, 3.63) is 23.8 Å². The minimum atomic E-state index is 0.569. The number of nitrogens with zero attached hydrogens (tertiary/aromatic N) is 2. The fourth-order valence-electron chi connectivity index (χ4n) is 2.66. The number of hydrogen-bond acceptors (Lipinski definition) is 3. The van der Waals surface area contributed by atoms with E-state index in [1.54, 1.807) is 0 Å². The number of hydrogen-bond donors (Lipinski definition) is 1. The molecule has 0 bridgehead atoms. The van der Waals surface area contributed by atoms with Gasteiger partial charge in [-0.1, -0.05) is 12.1 Å². The van der Waals surface area contributed by atoms with Crippen LogP contribution in [0, 0.1) is 6.92 Å². The van der Waals surface area contributed by atoms with E-state index in [0.717, 1.165) is 31.7 Å². The molecule has 1 fully saturated rings. The van der Waals surface area contributed by atoms with Gasteiger partial charge in [-0.05, 0) is 18.6 Å². The molecule has 1 N–H and O–H groups in total. The van der Waals surface area contributed by atoms with Gasteiger partial charge in [-0.3, -0.25) is 4.99 Å². The molecule has 16 heavy (non-hydrogen) atoms. The molecule has 0 aliphatic carbocycles. The molecule has 0 spiro atoms. The third kappa shape index (κ3) is 1.52. The Morgan fingerprint density at radius 1 is 1.44 bits per heavy atom. The molecule has 3 rings (SSSR count). The fraction of sp³-hybridized carbons (Fsp3) is 0.462. The van der Waals surface area contributed by atoms with Crippen molar-refractivity contribution in [1.82, 2.24) is 5.32 Å². The zero-order chi connectivity index (χ0) is 11.0. The first kappa shape index (κ1) is 9.85. The summed E-state index contributed by atoms with van der Waals surface area (Å²) in [6, 6.07) is 6.95. The van der Waals surface area contributed by atoms with Gasteiger partial charge >= 0.3 is 0 Å². The summed E-state index contributed by atoms with van der Waals surface area (Å²) < 4.78 is 0. The molecular formula is C13H17N3. The van der Waals surface area contributed by atoms with E-state index in [1.165, 1.54) is 11.3 Å². The largest absolute Gasteiger partial charge is 0.364 e. The first-order valence-electron chi connectivity index (χ1n) is 5.96. The lowest BCUT2D eigenvalue weighted by molar-refractivity contribution is 0.488. The van der Waals surface area contributed by atoms with Gasteiger partial charge < -0.3 is 10.2 Å². The topological polar surface area (TPSA) is 27.6 Å². The Labute approximate surface area is 96.2 Å². The summed E-state index contributed by atoms with van der Waals surface area (Å²) in [5.41, 5.74) is 3.80. The molecular weight excluding hydrogens is 198 g/mol. The number of rotatable bonds is 0. The Hall–Kier alpha value is -1.35. The van der Waals surface area contributed by atoms with Crippen LogP contribution in [0.15, 0.2) is 23.2 Å². The first-order valence-corrected chi connectivity index (χ1v) is 5.96. The average Bonchev–Trinajstić information content (AvgIpc) is 2.49. The van der Waals surface area contributed by atoms with E-state index < -0.39 is 0 Å². The number of aliphatic imine (C=N–C) groups is 1. The van der Waals surface area contributed by atoms with Crippen molar-refractivity contribution < 1.29 is 0 Å². The predicted molar refractivity (Wildman–Crippen MR) is 68.0 cm³/mol. The minimum Gasteiger partial charge on any atom is -0.364 e. The lowest BCUT2D eigenvalue weighted by Gasteiger charge is -2.37. The highest BCUT2D eigenvalue weighted by atomic mass is 15.2. The molecule has 2 heterocycles. The molecule has 0 amide bonds. The standard InChI is InChI=1S/C13H17N3/c1-10-3-2-4-12-13(10)16-8-7-14-9-11(16)5-6-15-12/h2-4,6,11,14H,5,7-9H2,1H3. The zero-order valence-corrected chi connectivity index (χ0v) is 9.61. The molecule has 2 aliphatic heterocycles. The van der Waals surface area contributed by atoms with E-state index in [0.29, 0.717) is 6.04 Å². The van der Waals surface area contributed by atoms with Gasteiger partial charge in [-0.15, -0.1) is 0 Å². The van der Waals surface area contributed by atoms with Gasteiger partial charge in [-0.2, -0.15) is 0 Å². The van der Waals surface area contributed by atoms with E-state index in [9.17, 15) is 0 Å². The number of piperazine rings is 1. The first-order chi connectivity index (χ1) is 7.86. The van der Waals surface area contributed by atoms with Gasteiger partial charge in [0.05, 0.1) is 11.4 Å². The third-order valence-corrected chi connectivity index (χ3v) is 3.46. The van der Waals surface area contributed by atoms with E-state index in [-0.39, 0.29) is 0 Å². The molecule has 1 unspecified atom stereocenters. The van der Waals surface area contributed by atoms with Crippen molar-refractivity contribution in [2.45, 2.75) is 19.4 Å². The van der Waals surface area contributed by atoms with Gasteiger partial charge in [0.15, 0.2) is 0 Å². The summed E-state index contributed by atoms with van der Waals surface area (Å²) in [6.45, 7) is 5.41. The molecule has 1 saturated heterocycles. The second-order valence-corrected chi connectivity index (χ2v) is 4.54. The summed E-state index contributed by atoms with van der Waals surface area (Å²) in [4.78, 5) is 7.10. The van der Waals surface area contributed by atoms with Crippen LogP contribution in [0.3, 0.4) is 0 Å². The number of fused-ring (bicyclic) bond motifs is 3. The summed E-state index contributed by atoms with van der Waals surface area (Å²) in [6.07, 6.45) is 3.11. The van der Waals surface area contributed by atoms with Gasteiger partial charge in [0.1, 0.15) is 0 Å². The lowest BCUT2D eigenvalue weighted by Crippen LogP contribution is -2.51. The molecule has 3 nitrogen and oxygen atoms in total. The molecule has 0 saturated carbocycles. The summed E-state index contributed by atoms with van der Waals surface area (Å²) >= 11 is 0. The minimum absolute atomic E-state index is 0.569. The van der Waals surface area contributed by atoms with Gasteiger partial charge in [0.25, 0.3) is 0 Å². The van der Waals surface area contributed by atoms with Crippen LogP contribution < -0.4 is 10.2 Å². The highest BCUT2D eigenvalue weighted by molar-refractivity contribution is 5.79. The van der Waals surface area contributed by atoms with Crippen LogP contribution in [0.2, 0.25) is 0 Å². The van der Waals surface area contributed by atoms with Crippen LogP contribution >= 0.6 is 0 Å². The van der Waals surface area contributed by atoms with Gasteiger partial charge in [-0.25, -0.2) is 0 Å². The van der Waals surface area contributed by atoms with Crippen LogP contribution in [0.1, 0.15) is 12.0 Å². The van der Waals surface area contributed by atoms with Crippen molar-refractivity contribution >= 4 is 17.6 Å². The highest BCUT2D eigenvalue weighted by Gasteiger charge is 2.26. The maximum atomic E-state index is 4.58. The number of aryl methyl sites for hydroxylation is 1. The lowest BCUT2D eigenvalue weighted by atomic mass is 10.1. The second kappa shape index (κ2) is 3.91. The number of nitrogens with one attached hydrogen (secondary N) is 1. The van der Waals surface area contributed by atoms with Crippen LogP contribution in [0.25, 0.3) is 0 Å². The van der Waals surface area contributed by atoms with Crippen LogP contribution in [-0.2, 0) is 0 Å². The quantitative estimate of drug-likeness (QED) is 0.715. The van der Waals surface area contributed by atoms with Crippen LogP contribution in [-0.4, -0.2) is 31.9 Å². The van der Waals surface area contributed by atoms with Crippen molar-refractivity contribution in [3.8, 4) is 0 Å². The van der Waals surface area contributed by atoms with E-state index in [4.69, 9.17) is 0 Å². The normalized spacial score (nSPS) is 23.6.